The molecule has 0 spiro atoms. The first-order valence-electron chi connectivity index (χ1n) is 9.45. The number of benzene rings is 2. The average molecular weight is 371 g/mol. The van der Waals surface area contributed by atoms with Gasteiger partial charge in [-0.3, -0.25) is 0 Å². The van der Waals surface area contributed by atoms with Crippen LogP contribution >= 0.6 is 0 Å². The lowest BCUT2D eigenvalue weighted by Crippen LogP contribution is -2.45. The molecular formula is C22H21N5O. The Morgan fingerprint density at radius 1 is 1.00 bits per heavy atom. The van der Waals surface area contributed by atoms with Crippen LogP contribution in [0.4, 0.5) is 0 Å². The summed E-state index contributed by atoms with van der Waals surface area (Å²) in [5.74, 6) is 2.24. The maximum absolute atomic E-state index is 5.89. The number of para-hydroxylation sites is 1. The highest BCUT2D eigenvalue weighted by Gasteiger charge is 2.25. The minimum atomic E-state index is 0.623. The lowest BCUT2D eigenvalue weighted by atomic mass is 10.0. The highest BCUT2D eigenvalue weighted by atomic mass is 16.5. The molecule has 140 valence electrons. The molecule has 1 aliphatic heterocycles. The van der Waals surface area contributed by atoms with Crippen LogP contribution in [0.1, 0.15) is 0 Å². The van der Waals surface area contributed by atoms with Crippen molar-refractivity contribution in [3.05, 3.63) is 67.1 Å². The molecule has 0 saturated carbocycles. The van der Waals surface area contributed by atoms with E-state index >= 15 is 0 Å². The van der Waals surface area contributed by atoms with Crippen LogP contribution in [-0.4, -0.2) is 44.8 Å². The van der Waals surface area contributed by atoms with Crippen molar-refractivity contribution in [3.63, 3.8) is 0 Å². The second kappa shape index (κ2) is 7.05. The van der Waals surface area contributed by atoms with E-state index in [1.807, 2.05) is 65.5 Å². The minimum absolute atomic E-state index is 0.623. The van der Waals surface area contributed by atoms with E-state index in [0.29, 0.717) is 5.92 Å². The zero-order valence-corrected chi connectivity index (χ0v) is 15.7. The molecule has 4 aromatic rings. The van der Waals surface area contributed by atoms with Gasteiger partial charge in [0.2, 0.25) is 0 Å². The third kappa shape index (κ3) is 3.23. The Bertz CT molecular complexity index is 1090. The van der Waals surface area contributed by atoms with Crippen molar-refractivity contribution in [1.29, 1.82) is 0 Å². The van der Waals surface area contributed by atoms with Gasteiger partial charge < -0.3 is 9.64 Å². The molecule has 2 aromatic carbocycles. The first-order valence-corrected chi connectivity index (χ1v) is 9.45. The zero-order chi connectivity index (χ0) is 18.9. The summed E-state index contributed by atoms with van der Waals surface area (Å²) in [4.78, 5) is 11.0. The summed E-state index contributed by atoms with van der Waals surface area (Å²) in [6.07, 6.45) is 3.44. The molecule has 1 saturated heterocycles. The molecule has 28 heavy (non-hydrogen) atoms. The van der Waals surface area contributed by atoms with Gasteiger partial charge in [0.15, 0.2) is 5.65 Å². The van der Waals surface area contributed by atoms with Gasteiger partial charge >= 0.3 is 0 Å². The normalized spacial score (nSPS) is 14.9. The molecule has 0 aliphatic carbocycles. The Balaban J connectivity index is 1.44. The second-order valence-corrected chi connectivity index (χ2v) is 7.32. The first-order chi connectivity index (χ1) is 13.8. The van der Waals surface area contributed by atoms with Gasteiger partial charge in [-0.25, -0.2) is 14.6 Å². The summed E-state index contributed by atoms with van der Waals surface area (Å²) in [5.41, 5.74) is 2.84. The largest absolute Gasteiger partial charge is 0.457 e. The van der Waals surface area contributed by atoms with Gasteiger partial charge in [0.05, 0.1) is 5.39 Å². The smallest absolute Gasteiger partial charge is 0.161 e. The predicted octanol–water partition coefficient (Wildman–Crippen LogP) is 3.85. The minimum Gasteiger partial charge on any atom is -0.457 e. The Labute approximate surface area is 163 Å². The molecule has 1 aliphatic rings. The fourth-order valence-electron chi connectivity index (χ4n) is 3.75. The number of fused-ring (bicyclic) bond motifs is 1. The van der Waals surface area contributed by atoms with E-state index in [1.165, 1.54) is 0 Å². The molecule has 0 bridgehead atoms. The van der Waals surface area contributed by atoms with E-state index in [9.17, 15) is 0 Å². The summed E-state index contributed by atoms with van der Waals surface area (Å²) in [6, 6.07) is 17.8. The number of ether oxygens (including phenoxy) is 1. The van der Waals surface area contributed by atoms with Crippen molar-refractivity contribution < 1.29 is 4.74 Å². The quantitative estimate of drug-likeness (QED) is 0.533. The van der Waals surface area contributed by atoms with Gasteiger partial charge in [0, 0.05) is 37.3 Å². The number of likely N-dealkylation sites (tertiary alicyclic amines) is 1. The van der Waals surface area contributed by atoms with Crippen LogP contribution in [0.3, 0.4) is 0 Å². The molecule has 0 N–H and O–H groups in total. The van der Waals surface area contributed by atoms with Gasteiger partial charge in [0.25, 0.3) is 0 Å². The zero-order valence-electron chi connectivity index (χ0n) is 15.7. The van der Waals surface area contributed by atoms with Crippen molar-refractivity contribution in [1.82, 2.24) is 24.6 Å². The summed E-state index contributed by atoms with van der Waals surface area (Å²) in [5, 5.41) is 5.85. The van der Waals surface area contributed by atoms with E-state index < -0.39 is 0 Å². The van der Waals surface area contributed by atoms with Crippen LogP contribution in [0.15, 0.2) is 67.1 Å². The monoisotopic (exact) mass is 371 g/mol. The second-order valence-electron chi connectivity index (χ2n) is 7.32. The van der Waals surface area contributed by atoms with Gasteiger partial charge in [-0.1, -0.05) is 18.2 Å². The van der Waals surface area contributed by atoms with Crippen LogP contribution < -0.4 is 4.74 Å². The highest BCUT2D eigenvalue weighted by molar-refractivity contribution is 5.90. The van der Waals surface area contributed by atoms with Crippen LogP contribution in [0, 0.1) is 5.92 Å². The Morgan fingerprint density at radius 3 is 2.50 bits per heavy atom. The number of rotatable bonds is 5. The molecule has 5 rings (SSSR count). The number of nitrogens with zero attached hydrogens (tertiary/aromatic N) is 5. The average Bonchev–Trinajstić information content (AvgIpc) is 3.07. The molecular weight excluding hydrogens is 350 g/mol. The first kappa shape index (κ1) is 16.9. The van der Waals surface area contributed by atoms with Crippen LogP contribution in [-0.2, 0) is 6.54 Å². The third-order valence-corrected chi connectivity index (χ3v) is 5.09. The number of aromatic nitrogens is 4. The fraction of sp³-hybridized carbons (Fsp3) is 0.227. The fourth-order valence-corrected chi connectivity index (χ4v) is 3.75. The van der Waals surface area contributed by atoms with Crippen LogP contribution in [0.25, 0.3) is 22.3 Å². The SMILES string of the molecule is CN1CC(Cn2nc(-c3ccc(Oc4ccccc4)cc3)c3cncnc32)C1. The van der Waals surface area contributed by atoms with Crippen molar-refractivity contribution in [2.45, 2.75) is 6.54 Å². The van der Waals surface area contributed by atoms with E-state index in [4.69, 9.17) is 9.84 Å². The van der Waals surface area contributed by atoms with E-state index in [0.717, 1.165) is 53.4 Å². The molecule has 0 atom stereocenters. The maximum atomic E-state index is 5.89. The van der Waals surface area contributed by atoms with Crippen molar-refractivity contribution in [2.24, 2.45) is 5.92 Å². The summed E-state index contributed by atoms with van der Waals surface area (Å²) >= 11 is 0. The molecule has 2 aromatic heterocycles. The molecule has 6 heteroatoms. The van der Waals surface area contributed by atoms with E-state index in [-0.39, 0.29) is 0 Å². The van der Waals surface area contributed by atoms with Crippen molar-refractivity contribution >= 4 is 11.0 Å². The number of hydrogen-bond acceptors (Lipinski definition) is 5. The summed E-state index contributed by atoms with van der Waals surface area (Å²) in [7, 11) is 2.14. The molecule has 0 amide bonds. The van der Waals surface area contributed by atoms with Crippen LogP contribution in [0.5, 0.6) is 11.5 Å². The van der Waals surface area contributed by atoms with Crippen LogP contribution in [0.2, 0.25) is 0 Å². The summed E-state index contributed by atoms with van der Waals surface area (Å²) in [6.45, 7) is 3.09. The molecule has 1 fully saturated rings. The molecule has 0 unspecified atom stereocenters. The lowest BCUT2D eigenvalue weighted by molar-refractivity contribution is 0.117. The lowest BCUT2D eigenvalue weighted by Gasteiger charge is -2.36. The van der Waals surface area contributed by atoms with Gasteiger partial charge in [0.1, 0.15) is 23.5 Å². The Morgan fingerprint density at radius 2 is 1.75 bits per heavy atom. The Kier molecular flexibility index (Phi) is 4.25. The molecule has 0 radical (unpaired) electrons. The summed E-state index contributed by atoms with van der Waals surface area (Å²) < 4.78 is 7.92. The molecule has 6 nitrogen and oxygen atoms in total. The maximum Gasteiger partial charge on any atom is 0.161 e. The standard InChI is InChI=1S/C22H21N5O/c1-26-12-16(13-26)14-27-22-20(11-23-15-24-22)21(25-27)17-7-9-19(10-8-17)28-18-5-3-2-4-6-18/h2-11,15-16H,12-14H2,1H3. The van der Waals surface area contributed by atoms with Gasteiger partial charge in [-0.2, -0.15) is 5.10 Å². The Hall–Kier alpha value is -3.25. The third-order valence-electron chi connectivity index (χ3n) is 5.09. The van der Waals surface area contributed by atoms with Gasteiger partial charge in [-0.15, -0.1) is 0 Å². The topological polar surface area (TPSA) is 56.1 Å². The van der Waals surface area contributed by atoms with Crippen molar-refractivity contribution in [3.8, 4) is 22.8 Å². The highest BCUT2D eigenvalue weighted by Crippen LogP contribution is 2.30. The van der Waals surface area contributed by atoms with E-state index in [2.05, 4.69) is 21.9 Å². The van der Waals surface area contributed by atoms with E-state index in [1.54, 1.807) is 6.33 Å². The van der Waals surface area contributed by atoms with Gasteiger partial charge in [-0.05, 0) is 43.4 Å². The van der Waals surface area contributed by atoms with Crippen molar-refractivity contribution in [2.75, 3.05) is 20.1 Å². The molecule has 3 heterocycles. The number of hydrogen-bond donors (Lipinski definition) is 0. The predicted molar refractivity (Wildman–Crippen MR) is 108 cm³/mol.